The third-order valence-corrected chi connectivity index (χ3v) is 14.0. The molecule has 0 amide bonds. The predicted molar refractivity (Wildman–Crippen MR) is 132 cm³/mol. The highest BCUT2D eigenvalue weighted by molar-refractivity contribution is 5.20. The number of aliphatic hydroxyl groups excluding tert-OH is 2. The smallest absolute Gasteiger partial charge is 0.0829 e. The fourth-order valence-electron chi connectivity index (χ4n) is 11.3. The van der Waals surface area contributed by atoms with E-state index in [4.69, 9.17) is 0 Å². The van der Waals surface area contributed by atoms with Crippen molar-refractivity contribution in [2.24, 2.45) is 56.2 Å². The van der Waals surface area contributed by atoms with Gasteiger partial charge in [-0.25, -0.2) is 0 Å². The minimum absolute atomic E-state index is 0.157. The molecule has 0 bridgehead atoms. The van der Waals surface area contributed by atoms with E-state index in [1.165, 1.54) is 57.8 Å². The second-order valence-electron chi connectivity index (χ2n) is 15.6. The standard InChI is InChI=1S/C30H52O2/c1-19-24(32)20(31)17-22-27(19,5)10-9-21-28(22,6)14-16-30(8)23-18-25(2,3)11-12-26(23,4)13-15-29(21,30)7/h19-24,31-32H,9-18H2,1-8H3/t19-,20+,21-,22+,23+,24+,26+,27+,28+,29+,30-/m0/s1. The van der Waals surface area contributed by atoms with Crippen LogP contribution in [0.15, 0.2) is 0 Å². The summed E-state index contributed by atoms with van der Waals surface area (Å²) >= 11 is 0. The molecule has 184 valence electrons. The summed E-state index contributed by atoms with van der Waals surface area (Å²) in [5.74, 6) is 2.30. The third kappa shape index (κ3) is 2.78. The van der Waals surface area contributed by atoms with Gasteiger partial charge in [0, 0.05) is 0 Å². The number of fused-ring (bicyclic) bond motifs is 7. The SMILES string of the molecule is C[C@H]1[C@@H](O)[C@H](O)C[C@@H]2[C@]1(C)CC[C@H]1[C@@]2(C)CC[C@@]2(C)[C@@H]3CC(C)(C)CC[C@]3(C)CC[C@]12C. The summed E-state index contributed by atoms with van der Waals surface area (Å²) in [6.07, 6.45) is 11.9. The Morgan fingerprint density at radius 3 is 1.91 bits per heavy atom. The Bertz CT molecular complexity index is 775. The maximum atomic E-state index is 10.8. The van der Waals surface area contributed by atoms with Crippen LogP contribution < -0.4 is 0 Å². The summed E-state index contributed by atoms with van der Waals surface area (Å²) in [6, 6.07) is 0. The summed E-state index contributed by atoms with van der Waals surface area (Å²) in [4.78, 5) is 0. The highest BCUT2D eigenvalue weighted by atomic mass is 16.3. The van der Waals surface area contributed by atoms with Gasteiger partial charge in [0.25, 0.3) is 0 Å². The van der Waals surface area contributed by atoms with Crippen LogP contribution in [0.4, 0.5) is 0 Å². The molecule has 2 heteroatoms. The van der Waals surface area contributed by atoms with Gasteiger partial charge >= 0.3 is 0 Å². The van der Waals surface area contributed by atoms with E-state index in [-0.39, 0.29) is 16.7 Å². The van der Waals surface area contributed by atoms with Crippen LogP contribution in [-0.2, 0) is 0 Å². The van der Waals surface area contributed by atoms with Crippen LogP contribution in [0, 0.1) is 56.2 Å². The Morgan fingerprint density at radius 2 is 1.22 bits per heavy atom. The molecule has 0 aromatic rings. The molecule has 0 aromatic carbocycles. The van der Waals surface area contributed by atoms with E-state index in [0.717, 1.165) is 18.3 Å². The second-order valence-corrected chi connectivity index (χ2v) is 15.6. The van der Waals surface area contributed by atoms with Crippen LogP contribution in [0.5, 0.6) is 0 Å². The van der Waals surface area contributed by atoms with Gasteiger partial charge in [-0.15, -0.1) is 0 Å². The average molecular weight is 445 g/mol. The lowest BCUT2D eigenvalue weighted by atomic mass is 9.30. The summed E-state index contributed by atoms with van der Waals surface area (Å²) in [6.45, 7) is 20.4. The molecular formula is C30H52O2. The largest absolute Gasteiger partial charge is 0.390 e. The Hall–Kier alpha value is -0.0800. The third-order valence-electron chi connectivity index (χ3n) is 14.0. The fourth-order valence-corrected chi connectivity index (χ4v) is 11.3. The van der Waals surface area contributed by atoms with Crippen molar-refractivity contribution in [2.45, 2.75) is 132 Å². The predicted octanol–water partition coefficient (Wildman–Crippen LogP) is 7.22. The highest BCUT2D eigenvalue weighted by Crippen LogP contribution is 2.78. The minimum atomic E-state index is -0.555. The molecule has 5 saturated carbocycles. The van der Waals surface area contributed by atoms with E-state index in [2.05, 4.69) is 55.4 Å². The van der Waals surface area contributed by atoms with E-state index >= 15 is 0 Å². The van der Waals surface area contributed by atoms with Gasteiger partial charge in [-0.3, -0.25) is 0 Å². The first-order valence-electron chi connectivity index (χ1n) is 14.0. The van der Waals surface area contributed by atoms with E-state index < -0.39 is 12.2 Å². The number of hydrogen-bond acceptors (Lipinski definition) is 2. The molecule has 32 heavy (non-hydrogen) atoms. The van der Waals surface area contributed by atoms with Gasteiger partial charge in [-0.2, -0.15) is 0 Å². The van der Waals surface area contributed by atoms with Crippen molar-refractivity contribution in [3.05, 3.63) is 0 Å². The molecule has 0 aliphatic heterocycles. The van der Waals surface area contributed by atoms with Gasteiger partial charge < -0.3 is 10.2 Å². The van der Waals surface area contributed by atoms with Gasteiger partial charge in [0.2, 0.25) is 0 Å². The molecular weight excluding hydrogens is 392 g/mol. The van der Waals surface area contributed by atoms with Crippen molar-refractivity contribution in [1.29, 1.82) is 0 Å². The molecule has 0 radical (unpaired) electrons. The first-order valence-corrected chi connectivity index (χ1v) is 14.0. The topological polar surface area (TPSA) is 40.5 Å². The molecule has 2 nitrogen and oxygen atoms in total. The maximum absolute atomic E-state index is 10.8. The van der Waals surface area contributed by atoms with Gasteiger partial charge in [0.15, 0.2) is 0 Å². The summed E-state index contributed by atoms with van der Waals surface area (Å²) in [5.41, 5.74) is 2.27. The Balaban J connectivity index is 1.55. The molecule has 5 aliphatic rings. The fraction of sp³-hybridized carbons (Fsp3) is 1.00. The molecule has 5 aliphatic carbocycles. The number of aliphatic hydroxyl groups is 2. The Labute approximate surface area is 198 Å². The molecule has 2 N–H and O–H groups in total. The van der Waals surface area contributed by atoms with Crippen molar-refractivity contribution in [3.8, 4) is 0 Å². The quantitative estimate of drug-likeness (QED) is 0.414. The molecule has 5 rings (SSSR count). The van der Waals surface area contributed by atoms with Crippen molar-refractivity contribution in [3.63, 3.8) is 0 Å². The van der Waals surface area contributed by atoms with E-state index in [1.54, 1.807) is 0 Å². The molecule has 11 atom stereocenters. The van der Waals surface area contributed by atoms with Crippen LogP contribution in [0.25, 0.3) is 0 Å². The Morgan fingerprint density at radius 1 is 0.625 bits per heavy atom. The minimum Gasteiger partial charge on any atom is -0.390 e. The maximum Gasteiger partial charge on any atom is 0.0829 e. The first-order chi connectivity index (χ1) is 14.6. The summed E-state index contributed by atoms with van der Waals surface area (Å²) in [5, 5.41) is 21.6. The number of hydrogen-bond donors (Lipinski definition) is 2. The molecule has 0 spiro atoms. The zero-order chi connectivity index (χ0) is 23.5. The van der Waals surface area contributed by atoms with Crippen molar-refractivity contribution >= 4 is 0 Å². The zero-order valence-electron chi connectivity index (χ0n) is 22.4. The Kier molecular flexibility index (Phi) is 5.01. The van der Waals surface area contributed by atoms with Crippen molar-refractivity contribution in [2.75, 3.05) is 0 Å². The van der Waals surface area contributed by atoms with Gasteiger partial charge in [-0.1, -0.05) is 55.4 Å². The van der Waals surface area contributed by atoms with Crippen LogP contribution in [0.3, 0.4) is 0 Å². The second kappa shape index (κ2) is 6.77. The van der Waals surface area contributed by atoms with E-state index in [1.807, 2.05) is 0 Å². The number of rotatable bonds is 0. The van der Waals surface area contributed by atoms with Crippen LogP contribution in [-0.4, -0.2) is 22.4 Å². The highest BCUT2D eigenvalue weighted by Gasteiger charge is 2.71. The van der Waals surface area contributed by atoms with Crippen LogP contribution in [0.1, 0.15) is 120 Å². The van der Waals surface area contributed by atoms with Gasteiger partial charge in [0.1, 0.15) is 0 Å². The van der Waals surface area contributed by atoms with Gasteiger partial charge in [-0.05, 0) is 120 Å². The monoisotopic (exact) mass is 444 g/mol. The van der Waals surface area contributed by atoms with Crippen LogP contribution >= 0.6 is 0 Å². The van der Waals surface area contributed by atoms with Crippen molar-refractivity contribution in [1.82, 2.24) is 0 Å². The molecule has 0 saturated heterocycles. The lowest BCUT2D eigenvalue weighted by Crippen LogP contribution is -2.68. The average Bonchev–Trinajstić information content (AvgIpc) is 2.72. The van der Waals surface area contributed by atoms with Gasteiger partial charge in [0.05, 0.1) is 12.2 Å². The van der Waals surface area contributed by atoms with E-state index in [0.29, 0.717) is 27.6 Å². The summed E-state index contributed by atoms with van der Waals surface area (Å²) in [7, 11) is 0. The zero-order valence-corrected chi connectivity index (χ0v) is 22.4. The first kappa shape index (κ1) is 23.7. The lowest BCUT2D eigenvalue weighted by Gasteiger charge is -2.75. The normalized spacial score (nSPS) is 61.7. The van der Waals surface area contributed by atoms with E-state index in [9.17, 15) is 10.2 Å². The molecule has 0 heterocycles. The molecule has 5 fully saturated rings. The summed E-state index contributed by atoms with van der Waals surface area (Å²) < 4.78 is 0. The van der Waals surface area contributed by atoms with Crippen molar-refractivity contribution < 1.29 is 10.2 Å². The lowest BCUT2D eigenvalue weighted by molar-refractivity contribution is -0.270. The molecule has 0 unspecified atom stereocenters. The van der Waals surface area contributed by atoms with Crippen LogP contribution in [0.2, 0.25) is 0 Å². The molecule has 0 aromatic heterocycles.